The van der Waals surface area contributed by atoms with E-state index in [1.807, 2.05) is 35.5 Å². The average molecular weight is 581 g/mol. The molecule has 1 fully saturated rings. The first-order chi connectivity index (χ1) is 20.4. The molecule has 1 aliphatic heterocycles. The van der Waals surface area contributed by atoms with Crippen LogP contribution in [0.5, 0.6) is 0 Å². The maximum atomic E-state index is 14.1. The van der Waals surface area contributed by atoms with Gasteiger partial charge in [0.05, 0.1) is 29.3 Å². The number of aryl methyl sites for hydroxylation is 2. The number of hydrogen-bond acceptors (Lipinski definition) is 8. The number of piperazine rings is 1. The van der Waals surface area contributed by atoms with Crippen molar-refractivity contribution in [3.8, 4) is 11.3 Å². The van der Waals surface area contributed by atoms with Crippen molar-refractivity contribution in [1.29, 1.82) is 0 Å². The molecule has 0 saturated carbocycles. The van der Waals surface area contributed by atoms with Gasteiger partial charge in [-0.05, 0) is 24.6 Å². The van der Waals surface area contributed by atoms with Crippen LogP contribution in [0.3, 0.4) is 0 Å². The number of aromatic nitrogens is 4. The van der Waals surface area contributed by atoms with Gasteiger partial charge in [-0.2, -0.15) is 0 Å². The summed E-state index contributed by atoms with van der Waals surface area (Å²) < 4.78 is 2.12. The molecule has 0 unspecified atom stereocenters. The van der Waals surface area contributed by atoms with Crippen LogP contribution < -0.4 is 16.0 Å². The molecule has 0 bridgehead atoms. The zero-order chi connectivity index (χ0) is 29.2. The minimum atomic E-state index is -0.285. The van der Waals surface area contributed by atoms with E-state index in [4.69, 9.17) is 5.73 Å². The maximum Gasteiger partial charge on any atom is 0.271 e. The van der Waals surface area contributed by atoms with Crippen LogP contribution in [0.2, 0.25) is 0 Å². The Hall–Kier alpha value is -4.77. The largest absolute Gasteiger partial charge is 0.375 e. The first kappa shape index (κ1) is 27.4. The minimum Gasteiger partial charge on any atom is -0.375 e. The van der Waals surface area contributed by atoms with E-state index in [0.29, 0.717) is 50.1 Å². The lowest BCUT2D eigenvalue weighted by Crippen LogP contribution is -2.49. The van der Waals surface area contributed by atoms with Crippen LogP contribution >= 0.6 is 11.3 Å². The molecular weight excluding hydrogens is 548 g/mol. The van der Waals surface area contributed by atoms with Gasteiger partial charge in [-0.1, -0.05) is 42.0 Å². The molecule has 4 heterocycles. The number of anilines is 2. The maximum absolute atomic E-state index is 14.1. The van der Waals surface area contributed by atoms with E-state index in [1.54, 1.807) is 6.20 Å². The number of nitrogens with zero attached hydrogens (tertiary/aromatic N) is 6. The molecule has 10 nitrogen and oxygen atoms in total. The van der Waals surface area contributed by atoms with Crippen molar-refractivity contribution in [2.75, 3.05) is 43.4 Å². The van der Waals surface area contributed by atoms with E-state index in [0.717, 1.165) is 39.0 Å². The molecule has 3 aromatic heterocycles. The molecule has 0 radical (unpaired) electrons. The molecule has 0 aliphatic carbocycles. The Morgan fingerprint density at radius 2 is 1.81 bits per heavy atom. The zero-order valence-corrected chi connectivity index (χ0v) is 24.4. The third kappa shape index (κ3) is 5.42. The number of thiazole rings is 1. The molecule has 5 aromatic rings. The first-order valence-corrected chi connectivity index (χ1v) is 14.8. The molecule has 214 valence electrons. The highest BCUT2D eigenvalue weighted by atomic mass is 32.1. The lowest BCUT2D eigenvalue weighted by atomic mass is 10.0. The van der Waals surface area contributed by atoms with Crippen molar-refractivity contribution in [2.24, 2.45) is 7.05 Å². The Morgan fingerprint density at radius 3 is 2.50 bits per heavy atom. The number of carbonyl (C=O) groups excluding carboxylic acids is 2. The van der Waals surface area contributed by atoms with Gasteiger partial charge in [0.1, 0.15) is 11.5 Å². The summed E-state index contributed by atoms with van der Waals surface area (Å²) >= 11 is 1.38. The molecule has 42 heavy (non-hydrogen) atoms. The second-order valence-corrected chi connectivity index (χ2v) is 11.3. The van der Waals surface area contributed by atoms with Gasteiger partial charge in [0.15, 0.2) is 5.13 Å². The number of nitrogen functional groups attached to an aromatic ring is 1. The van der Waals surface area contributed by atoms with Crippen molar-refractivity contribution in [2.45, 2.75) is 13.3 Å². The predicted molar refractivity (Wildman–Crippen MR) is 166 cm³/mol. The molecule has 2 amide bonds. The summed E-state index contributed by atoms with van der Waals surface area (Å²) in [6.07, 6.45) is 3.71. The molecule has 6 rings (SSSR count). The monoisotopic (exact) mass is 580 g/mol. The van der Waals surface area contributed by atoms with Crippen LogP contribution in [0.1, 0.15) is 32.1 Å². The van der Waals surface area contributed by atoms with E-state index in [2.05, 4.69) is 67.0 Å². The van der Waals surface area contributed by atoms with Crippen LogP contribution in [-0.4, -0.2) is 69.0 Å². The summed E-state index contributed by atoms with van der Waals surface area (Å²) in [5.74, 6) is 0.428. The third-order valence-electron chi connectivity index (χ3n) is 7.61. The van der Waals surface area contributed by atoms with E-state index < -0.39 is 0 Å². The Bertz CT molecular complexity index is 1740. The normalized spacial score (nSPS) is 13.5. The van der Waals surface area contributed by atoms with Gasteiger partial charge in [-0.15, -0.1) is 11.3 Å². The molecule has 0 spiro atoms. The lowest BCUT2D eigenvalue weighted by molar-refractivity contribution is 0.0748. The fraction of sp³-hybridized carbons (Fsp3) is 0.258. The van der Waals surface area contributed by atoms with Gasteiger partial charge >= 0.3 is 0 Å². The van der Waals surface area contributed by atoms with Crippen molar-refractivity contribution in [1.82, 2.24) is 29.7 Å². The molecular formula is C31H32N8O2S. The zero-order valence-electron chi connectivity index (χ0n) is 23.6. The Kier molecular flexibility index (Phi) is 7.58. The van der Waals surface area contributed by atoms with E-state index in [-0.39, 0.29) is 17.5 Å². The molecule has 1 aliphatic rings. The quantitative estimate of drug-likeness (QED) is 0.299. The van der Waals surface area contributed by atoms with Crippen LogP contribution in [0.15, 0.2) is 66.3 Å². The molecule has 11 heteroatoms. The third-order valence-corrected chi connectivity index (χ3v) is 8.34. The summed E-state index contributed by atoms with van der Waals surface area (Å²) in [4.78, 5) is 43.7. The highest BCUT2D eigenvalue weighted by Crippen LogP contribution is 2.35. The Balaban J connectivity index is 1.13. The highest BCUT2D eigenvalue weighted by molar-refractivity contribution is 7.13. The fourth-order valence-corrected chi connectivity index (χ4v) is 6.04. The number of benzene rings is 2. The van der Waals surface area contributed by atoms with Crippen molar-refractivity contribution in [3.63, 3.8) is 0 Å². The average Bonchev–Trinajstić information content (AvgIpc) is 3.56. The molecule has 0 atom stereocenters. The summed E-state index contributed by atoms with van der Waals surface area (Å²) in [6.45, 7) is 4.83. The summed E-state index contributed by atoms with van der Waals surface area (Å²) in [5, 5.41) is 6.22. The van der Waals surface area contributed by atoms with Crippen molar-refractivity contribution >= 4 is 45.0 Å². The first-order valence-electron chi connectivity index (χ1n) is 13.9. The lowest BCUT2D eigenvalue weighted by Gasteiger charge is -2.35. The number of nitrogens with two attached hydrogens (primary N) is 1. The van der Waals surface area contributed by atoms with Crippen molar-refractivity contribution in [3.05, 3.63) is 88.8 Å². The number of fused-ring (bicyclic) bond motifs is 1. The van der Waals surface area contributed by atoms with E-state index >= 15 is 0 Å². The standard InChI is InChI=1S/C31H32N8O2S/c1-20-8-9-25-23(16-20)27(28(37(25)2)21-6-4-3-5-7-21)30(41)39-14-12-38(13-15-39)26-18-34-24(17-35-26)29(40)33-11-10-22-19-42-31(32)36-22/h3-9,16-19H,10-15H2,1-2H3,(H2,32,36)(H,33,40). The number of nitrogens with one attached hydrogen (secondary N) is 1. The second-order valence-electron chi connectivity index (χ2n) is 10.4. The van der Waals surface area contributed by atoms with Gasteiger partial charge in [-0.25, -0.2) is 15.0 Å². The van der Waals surface area contributed by atoms with Crippen LogP contribution in [0.4, 0.5) is 10.9 Å². The van der Waals surface area contributed by atoms with E-state index in [1.165, 1.54) is 17.5 Å². The SMILES string of the molecule is Cc1ccc2c(c1)c(C(=O)N1CCN(c3cnc(C(=O)NCCc4csc(N)n4)cn3)CC1)c(-c1ccccc1)n2C. The molecule has 1 saturated heterocycles. The van der Waals surface area contributed by atoms with Gasteiger partial charge < -0.3 is 25.4 Å². The topological polar surface area (TPSA) is 122 Å². The van der Waals surface area contributed by atoms with Crippen molar-refractivity contribution < 1.29 is 9.59 Å². The Morgan fingerprint density at radius 1 is 1.02 bits per heavy atom. The number of hydrogen-bond donors (Lipinski definition) is 2. The van der Waals surface area contributed by atoms with E-state index in [9.17, 15) is 9.59 Å². The minimum absolute atomic E-state index is 0.0307. The fourth-order valence-electron chi connectivity index (χ4n) is 5.44. The second kappa shape index (κ2) is 11.6. The number of carbonyl (C=O) groups is 2. The summed E-state index contributed by atoms with van der Waals surface area (Å²) in [7, 11) is 2.02. The summed E-state index contributed by atoms with van der Waals surface area (Å²) in [6, 6.07) is 16.4. The molecule has 3 N–H and O–H groups in total. The van der Waals surface area contributed by atoms with Crippen LogP contribution in [-0.2, 0) is 13.5 Å². The number of amides is 2. The predicted octanol–water partition coefficient (Wildman–Crippen LogP) is 3.92. The Labute approximate surface area is 247 Å². The van der Waals surface area contributed by atoms with Crippen LogP contribution in [0.25, 0.3) is 22.2 Å². The molecule has 2 aromatic carbocycles. The van der Waals surface area contributed by atoms with Gasteiger partial charge in [0.25, 0.3) is 11.8 Å². The van der Waals surface area contributed by atoms with Crippen LogP contribution in [0, 0.1) is 6.92 Å². The van der Waals surface area contributed by atoms with Gasteiger partial charge in [-0.3, -0.25) is 9.59 Å². The summed E-state index contributed by atoms with van der Waals surface area (Å²) in [5.41, 5.74) is 11.6. The van der Waals surface area contributed by atoms with Gasteiger partial charge in [0, 0.05) is 62.5 Å². The van der Waals surface area contributed by atoms with Gasteiger partial charge in [0.2, 0.25) is 0 Å². The smallest absolute Gasteiger partial charge is 0.271 e. The number of rotatable bonds is 7. The highest BCUT2D eigenvalue weighted by Gasteiger charge is 2.29.